The van der Waals surface area contributed by atoms with Crippen molar-refractivity contribution in [2.45, 2.75) is 18.9 Å². The monoisotopic (exact) mass is 393 g/mol. The maximum atomic E-state index is 9.15. The zero-order valence-electron chi connectivity index (χ0n) is 15.3. The molecular formula is C21H20ClN5O. The van der Waals surface area contributed by atoms with Gasteiger partial charge in [-0.1, -0.05) is 11.6 Å². The minimum absolute atomic E-state index is 0.120. The highest BCUT2D eigenvalue weighted by Gasteiger charge is 2.23. The van der Waals surface area contributed by atoms with Crippen molar-refractivity contribution in [3.63, 3.8) is 0 Å². The van der Waals surface area contributed by atoms with E-state index in [1.165, 1.54) is 0 Å². The van der Waals surface area contributed by atoms with E-state index in [0.717, 1.165) is 42.1 Å². The Morgan fingerprint density at radius 2 is 1.79 bits per heavy atom. The Morgan fingerprint density at radius 3 is 2.46 bits per heavy atom. The van der Waals surface area contributed by atoms with Crippen molar-refractivity contribution in [3.05, 3.63) is 59.6 Å². The third kappa shape index (κ3) is 3.90. The first-order valence-electron chi connectivity index (χ1n) is 9.16. The van der Waals surface area contributed by atoms with Gasteiger partial charge in [0.2, 0.25) is 0 Å². The number of halogens is 1. The minimum Gasteiger partial charge on any atom is -0.457 e. The summed E-state index contributed by atoms with van der Waals surface area (Å²) in [6.45, 7) is 1.45. The van der Waals surface area contributed by atoms with Crippen LogP contribution in [0.25, 0.3) is 11.3 Å². The lowest BCUT2D eigenvalue weighted by atomic mass is 10.1. The van der Waals surface area contributed by atoms with Crippen LogP contribution in [0, 0.1) is 11.5 Å². The number of nitrogens with zero attached hydrogens (tertiary/aromatic N) is 4. The molecule has 0 unspecified atom stereocenters. The molecule has 1 aliphatic rings. The molecule has 2 heterocycles. The molecule has 0 bridgehead atoms. The average molecular weight is 394 g/mol. The molecule has 1 fully saturated rings. The van der Waals surface area contributed by atoms with Gasteiger partial charge in [-0.05, 0) is 61.4 Å². The van der Waals surface area contributed by atoms with Gasteiger partial charge in [0.1, 0.15) is 17.3 Å². The van der Waals surface area contributed by atoms with Crippen molar-refractivity contribution in [2.75, 3.05) is 18.8 Å². The molecular weight excluding hydrogens is 374 g/mol. The molecule has 7 heteroatoms. The van der Waals surface area contributed by atoms with Crippen molar-refractivity contribution in [2.24, 2.45) is 0 Å². The van der Waals surface area contributed by atoms with Crippen molar-refractivity contribution >= 4 is 17.4 Å². The van der Waals surface area contributed by atoms with Gasteiger partial charge in [-0.3, -0.25) is 0 Å². The fraction of sp³-hybridized carbons (Fsp3) is 0.238. The van der Waals surface area contributed by atoms with E-state index in [1.54, 1.807) is 17.0 Å². The van der Waals surface area contributed by atoms with Gasteiger partial charge >= 0.3 is 0 Å². The molecule has 0 saturated carbocycles. The quantitative estimate of drug-likeness (QED) is 0.650. The van der Waals surface area contributed by atoms with Crippen LogP contribution in [0.4, 0.5) is 5.82 Å². The van der Waals surface area contributed by atoms with E-state index in [0.29, 0.717) is 17.4 Å². The fourth-order valence-electron chi connectivity index (χ4n) is 3.42. The number of nitrogens with two attached hydrogens (primary N) is 1. The van der Waals surface area contributed by atoms with Gasteiger partial charge < -0.3 is 15.4 Å². The molecule has 0 spiro atoms. The Hall–Kier alpha value is -3.17. The van der Waals surface area contributed by atoms with E-state index in [9.17, 15) is 0 Å². The Morgan fingerprint density at radius 1 is 1.11 bits per heavy atom. The van der Waals surface area contributed by atoms with Crippen molar-refractivity contribution in [1.29, 1.82) is 5.26 Å². The van der Waals surface area contributed by atoms with E-state index >= 15 is 0 Å². The van der Waals surface area contributed by atoms with Crippen molar-refractivity contribution in [3.8, 4) is 28.9 Å². The molecule has 1 aliphatic heterocycles. The summed E-state index contributed by atoms with van der Waals surface area (Å²) in [5.74, 6) is 2.07. The summed E-state index contributed by atoms with van der Waals surface area (Å²) >= 11 is 5.90. The summed E-state index contributed by atoms with van der Waals surface area (Å²) in [4.78, 5) is 1.76. The smallest absolute Gasteiger partial charge is 0.179 e. The van der Waals surface area contributed by atoms with Crippen LogP contribution >= 0.6 is 11.6 Å². The Labute approximate surface area is 168 Å². The number of nitrogen functional groups attached to an aromatic ring is 1. The molecule has 1 atom stereocenters. The van der Waals surface area contributed by atoms with E-state index < -0.39 is 0 Å². The first-order chi connectivity index (χ1) is 13.6. The molecule has 0 amide bonds. The van der Waals surface area contributed by atoms with Crippen molar-refractivity contribution in [1.82, 2.24) is 14.7 Å². The van der Waals surface area contributed by atoms with Gasteiger partial charge in [-0.25, -0.2) is 4.68 Å². The lowest BCUT2D eigenvalue weighted by Gasteiger charge is -2.29. The summed E-state index contributed by atoms with van der Waals surface area (Å²) in [5.41, 5.74) is 7.97. The Balaban J connectivity index is 1.50. The molecule has 2 N–H and O–H groups in total. The van der Waals surface area contributed by atoms with Gasteiger partial charge in [0.25, 0.3) is 0 Å². The van der Waals surface area contributed by atoms with Crippen LogP contribution in [0.1, 0.15) is 18.9 Å². The van der Waals surface area contributed by atoms with Crippen LogP contribution < -0.4 is 10.5 Å². The largest absolute Gasteiger partial charge is 0.457 e. The lowest BCUT2D eigenvalue weighted by molar-refractivity contribution is 0.235. The van der Waals surface area contributed by atoms with Crippen LogP contribution in [0.3, 0.4) is 0 Å². The number of benzene rings is 2. The maximum Gasteiger partial charge on any atom is 0.179 e. The van der Waals surface area contributed by atoms with Crippen LogP contribution in [0.15, 0.2) is 54.6 Å². The summed E-state index contributed by atoms with van der Waals surface area (Å²) in [6, 6.07) is 16.9. The topological polar surface area (TPSA) is 80.1 Å². The van der Waals surface area contributed by atoms with E-state index in [-0.39, 0.29) is 6.04 Å². The first-order valence-corrected chi connectivity index (χ1v) is 9.54. The number of rotatable bonds is 4. The van der Waals surface area contributed by atoms with E-state index in [4.69, 9.17) is 32.4 Å². The molecule has 142 valence electrons. The standard InChI is InChI=1S/C21H20ClN5O/c22-16-5-9-19(10-6-16)28-18-7-3-15(4-8-18)20-12-21(24)27(25-20)17-2-1-11-26(13-17)14-23/h3-10,12,17H,1-2,11,13,24H2/t17-/m0/s1. The number of piperidine rings is 1. The highest BCUT2D eigenvalue weighted by molar-refractivity contribution is 6.30. The number of hydrogen-bond donors (Lipinski definition) is 1. The van der Waals surface area contributed by atoms with Crippen LogP contribution in [0.5, 0.6) is 11.5 Å². The molecule has 0 radical (unpaired) electrons. The predicted octanol–water partition coefficient (Wildman–Crippen LogP) is 4.70. The molecule has 2 aromatic carbocycles. The van der Waals surface area contributed by atoms with E-state index in [2.05, 4.69) is 6.19 Å². The molecule has 0 aliphatic carbocycles. The number of anilines is 1. The SMILES string of the molecule is N#CN1CCC[C@H](n2nc(-c3ccc(Oc4ccc(Cl)cc4)cc3)cc2N)C1. The second-order valence-electron chi connectivity index (χ2n) is 6.82. The molecule has 1 aromatic heterocycles. The minimum atomic E-state index is 0.120. The zero-order chi connectivity index (χ0) is 19.5. The molecule has 4 rings (SSSR count). The van der Waals surface area contributed by atoms with Gasteiger partial charge in [-0.2, -0.15) is 10.4 Å². The Bertz CT molecular complexity index is 991. The average Bonchev–Trinajstić information content (AvgIpc) is 3.12. The highest BCUT2D eigenvalue weighted by Crippen LogP contribution is 2.29. The van der Waals surface area contributed by atoms with Gasteiger partial charge in [0.15, 0.2) is 6.19 Å². The number of likely N-dealkylation sites (tertiary alicyclic amines) is 1. The summed E-state index contributed by atoms with van der Waals surface area (Å²) in [5, 5.41) is 14.5. The van der Waals surface area contributed by atoms with E-state index in [1.807, 2.05) is 47.1 Å². The molecule has 1 saturated heterocycles. The molecule has 28 heavy (non-hydrogen) atoms. The lowest BCUT2D eigenvalue weighted by Crippen LogP contribution is -2.34. The number of nitriles is 1. The van der Waals surface area contributed by atoms with Gasteiger partial charge in [0.05, 0.1) is 18.3 Å². The normalized spacial score (nSPS) is 16.6. The second-order valence-corrected chi connectivity index (χ2v) is 7.26. The third-order valence-electron chi connectivity index (χ3n) is 4.85. The van der Waals surface area contributed by atoms with Gasteiger partial charge in [0, 0.05) is 23.2 Å². The Kier molecular flexibility index (Phi) is 5.09. The number of aromatic nitrogens is 2. The molecule has 6 nitrogen and oxygen atoms in total. The van der Waals surface area contributed by atoms with Crippen LogP contribution in [-0.2, 0) is 0 Å². The highest BCUT2D eigenvalue weighted by atomic mass is 35.5. The predicted molar refractivity (Wildman–Crippen MR) is 109 cm³/mol. The van der Waals surface area contributed by atoms with Crippen LogP contribution in [-0.4, -0.2) is 27.8 Å². The third-order valence-corrected chi connectivity index (χ3v) is 5.10. The summed E-state index contributed by atoms with van der Waals surface area (Å²) in [7, 11) is 0. The molecule has 3 aromatic rings. The van der Waals surface area contributed by atoms with Crippen LogP contribution in [0.2, 0.25) is 5.02 Å². The zero-order valence-corrected chi connectivity index (χ0v) is 16.0. The maximum absolute atomic E-state index is 9.15. The first kappa shape index (κ1) is 18.2. The van der Waals surface area contributed by atoms with Crippen molar-refractivity contribution < 1.29 is 4.74 Å². The number of ether oxygens (including phenoxy) is 1. The van der Waals surface area contributed by atoms with Gasteiger partial charge in [-0.15, -0.1) is 0 Å². The number of hydrogen-bond acceptors (Lipinski definition) is 5. The summed E-state index contributed by atoms with van der Waals surface area (Å²) in [6.07, 6.45) is 4.15. The summed E-state index contributed by atoms with van der Waals surface area (Å²) < 4.78 is 7.67. The fourth-order valence-corrected chi connectivity index (χ4v) is 3.55. The second kappa shape index (κ2) is 7.83.